The van der Waals surface area contributed by atoms with Crippen molar-refractivity contribution in [3.63, 3.8) is 0 Å². The minimum absolute atomic E-state index is 0.733. The van der Waals surface area contributed by atoms with E-state index >= 15 is 0 Å². The molecule has 0 aromatic heterocycles. The van der Waals surface area contributed by atoms with E-state index < -0.39 is 0 Å². The van der Waals surface area contributed by atoms with E-state index in [-0.39, 0.29) is 0 Å². The zero-order chi connectivity index (χ0) is 4.41. The largest absolute Gasteiger partial charge is 0.303 e. The number of hydrogen-bond acceptors (Lipinski definition) is 2. The van der Waals surface area contributed by atoms with E-state index in [1.807, 2.05) is 0 Å². The van der Waals surface area contributed by atoms with Crippen LogP contribution in [0.15, 0.2) is 4.99 Å². The molecule has 0 radical (unpaired) electrons. The molecule has 0 aliphatic carbocycles. The molecule has 0 fully saturated rings. The number of hydrogen-bond donors (Lipinski definition) is 1. The zero-order valence-electron chi connectivity index (χ0n) is 3.33. The lowest BCUT2D eigenvalue weighted by Gasteiger charge is -1.71. The van der Waals surface area contributed by atoms with Crippen LogP contribution in [0.3, 0.4) is 0 Å². The van der Waals surface area contributed by atoms with Gasteiger partial charge in [-0.15, -0.1) is 4.68 Å². The van der Waals surface area contributed by atoms with Crippen LogP contribution in [0.1, 0.15) is 0 Å². The maximum Gasteiger partial charge on any atom is 0.303 e. The zero-order valence-corrected chi connectivity index (χ0v) is 3.33. The van der Waals surface area contributed by atoms with Crippen molar-refractivity contribution < 1.29 is 4.68 Å². The minimum Gasteiger partial charge on any atom is -0.269 e. The molecule has 0 saturated heterocycles. The van der Waals surface area contributed by atoms with E-state index in [1.54, 1.807) is 12.6 Å². The molecule has 0 spiro atoms. The van der Waals surface area contributed by atoms with Gasteiger partial charge in [0.1, 0.15) is 6.21 Å². The highest BCUT2D eigenvalue weighted by Crippen LogP contribution is 1.68. The Morgan fingerprint density at radius 1 is 1.83 bits per heavy atom. The van der Waals surface area contributed by atoms with Crippen LogP contribution in [-0.2, 0) is 0 Å². The first-order chi connectivity index (χ1) is 2.89. The Hall–Kier alpha value is -0.860. The molecule has 0 aromatic carbocycles. The molecule has 3 heteroatoms. The van der Waals surface area contributed by atoms with Crippen molar-refractivity contribution in [3.8, 4) is 0 Å². The van der Waals surface area contributed by atoms with E-state index in [9.17, 15) is 0 Å². The molecule has 1 aliphatic rings. The molecular weight excluding hydrogens is 78.1 g/mol. The summed E-state index contributed by atoms with van der Waals surface area (Å²) in [6, 6.07) is 0. The molecule has 0 aromatic rings. The molecule has 0 bridgehead atoms. The van der Waals surface area contributed by atoms with Gasteiger partial charge < -0.3 is 0 Å². The van der Waals surface area contributed by atoms with Crippen molar-refractivity contribution in [2.24, 2.45) is 10.8 Å². The number of hydrazone groups is 1. The molecule has 1 heterocycles. The van der Waals surface area contributed by atoms with E-state index in [2.05, 4.69) is 4.99 Å². The third-order valence-electron chi connectivity index (χ3n) is 0.613. The van der Waals surface area contributed by atoms with Crippen molar-refractivity contribution in [2.45, 2.75) is 0 Å². The minimum atomic E-state index is 0.733. The number of hydrazine groups is 1. The van der Waals surface area contributed by atoms with Crippen LogP contribution >= 0.6 is 0 Å². The van der Waals surface area contributed by atoms with Crippen molar-refractivity contribution in [2.75, 3.05) is 6.54 Å². The Balaban J connectivity index is 2.68. The van der Waals surface area contributed by atoms with Crippen molar-refractivity contribution in [3.05, 3.63) is 0 Å². The molecule has 32 valence electrons. The van der Waals surface area contributed by atoms with Crippen LogP contribution in [0.25, 0.3) is 0 Å². The summed E-state index contributed by atoms with van der Waals surface area (Å²) in [7, 11) is 0. The Kier molecular flexibility index (Phi) is 0.602. The first-order valence-electron chi connectivity index (χ1n) is 1.76. The van der Waals surface area contributed by atoms with Crippen LogP contribution in [0.4, 0.5) is 0 Å². The first kappa shape index (κ1) is 3.33. The predicted octanol–water partition coefficient (Wildman–Crippen LogP) is -1.01. The molecular formula is C3H6N3+. The number of aliphatic imine (C=N–C) groups is 1. The van der Waals surface area contributed by atoms with Crippen LogP contribution < -0.4 is 5.84 Å². The Morgan fingerprint density at radius 3 is 2.83 bits per heavy atom. The predicted molar refractivity (Wildman–Crippen MR) is 23.9 cm³/mol. The monoisotopic (exact) mass is 84.1 g/mol. The average Bonchev–Trinajstić information content (AvgIpc) is 1.86. The van der Waals surface area contributed by atoms with Gasteiger partial charge in [0.2, 0.25) is 0 Å². The van der Waals surface area contributed by atoms with Crippen LogP contribution in [0.2, 0.25) is 0 Å². The second-order valence-electron chi connectivity index (χ2n) is 1.11. The Morgan fingerprint density at radius 2 is 2.67 bits per heavy atom. The summed E-state index contributed by atoms with van der Waals surface area (Å²) in [4.78, 5) is 3.78. The van der Waals surface area contributed by atoms with Gasteiger partial charge in [-0.05, 0) is 0 Å². The third-order valence-corrected chi connectivity index (χ3v) is 0.613. The van der Waals surface area contributed by atoms with Gasteiger partial charge in [-0.1, -0.05) is 4.99 Å². The highest BCUT2D eigenvalue weighted by atomic mass is 15.3. The summed E-state index contributed by atoms with van der Waals surface area (Å²) in [6.45, 7) is 0.733. The van der Waals surface area contributed by atoms with Gasteiger partial charge >= 0.3 is 6.34 Å². The van der Waals surface area contributed by atoms with Crippen molar-refractivity contribution >= 4 is 12.6 Å². The summed E-state index contributed by atoms with van der Waals surface area (Å²) in [6.07, 6.45) is 3.38. The topological polar surface area (TPSA) is 41.4 Å². The smallest absolute Gasteiger partial charge is 0.269 e. The molecule has 3 nitrogen and oxygen atoms in total. The van der Waals surface area contributed by atoms with Crippen LogP contribution in [-0.4, -0.2) is 23.8 Å². The molecule has 2 N–H and O–H groups in total. The first-order valence-corrected chi connectivity index (χ1v) is 1.76. The summed E-state index contributed by atoms with van der Waals surface area (Å²) in [5, 5.41) is 0. The summed E-state index contributed by atoms with van der Waals surface area (Å²) < 4.78 is 1.44. The second kappa shape index (κ2) is 1.08. The highest BCUT2D eigenvalue weighted by Gasteiger charge is 1.95. The quantitative estimate of drug-likeness (QED) is 0.296. The SMILES string of the molecule is N[N+]1=CCN=C1. The molecule has 1 aliphatic heterocycles. The van der Waals surface area contributed by atoms with Gasteiger partial charge in [0.05, 0.1) is 0 Å². The van der Waals surface area contributed by atoms with Crippen molar-refractivity contribution in [1.29, 1.82) is 0 Å². The van der Waals surface area contributed by atoms with Gasteiger partial charge in [-0.25, -0.2) is 0 Å². The molecule has 6 heavy (non-hydrogen) atoms. The summed E-state index contributed by atoms with van der Waals surface area (Å²) >= 11 is 0. The lowest BCUT2D eigenvalue weighted by Crippen LogP contribution is -2.14. The van der Waals surface area contributed by atoms with E-state index in [0.29, 0.717) is 0 Å². The molecule has 0 saturated carbocycles. The van der Waals surface area contributed by atoms with E-state index in [0.717, 1.165) is 6.54 Å². The molecule has 0 atom stereocenters. The normalized spacial score (nSPS) is 18.3. The van der Waals surface area contributed by atoms with Crippen LogP contribution in [0.5, 0.6) is 0 Å². The fourth-order valence-electron chi connectivity index (χ4n) is 0.330. The standard InChI is InChI=1S/C3H6N3/c4-6-2-1-5-3-6/h2-3H,1,4H2/q+1. The van der Waals surface area contributed by atoms with Gasteiger partial charge in [-0.2, -0.15) is 0 Å². The summed E-state index contributed by atoms with van der Waals surface area (Å²) in [5.41, 5.74) is 0. The van der Waals surface area contributed by atoms with Crippen LogP contribution in [0, 0.1) is 0 Å². The van der Waals surface area contributed by atoms with Gasteiger partial charge in [0.15, 0.2) is 6.54 Å². The molecule has 0 amide bonds. The number of nitrogens with two attached hydrogens (primary N) is 1. The maximum absolute atomic E-state index is 5.16. The fraction of sp³-hybridized carbons (Fsp3) is 0.333. The Bertz CT molecular complexity index is 99.9. The van der Waals surface area contributed by atoms with Crippen molar-refractivity contribution in [1.82, 2.24) is 0 Å². The fourth-order valence-corrected chi connectivity index (χ4v) is 0.330. The van der Waals surface area contributed by atoms with Gasteiger partial charge in [0, 0.05) is 0 Å². The van der Waals surface area contributed by atoms with E-state index in [1.165, 1.54) is 4.68 Å². The maximum atomic E-state index is 5.16. The van der Waals surface area contributed by atoms with Gasteiger partial charge in [-0.3, -0.25) is 5.84 Å². The second-order valence-corrected chi connectivity index (χ2v) is 1.11. The lowest BCUT2D eigenvalue weighted by molar-refractivity contribution is -0.401. The molecule has 1 rings (SSSR count). The molecule has 0 unspecified atom stereocenters. The van der Waals surface area contributed by atoms with Gasteiger partial charge in [0.25, 0.3) is 0 Å². The highest BCUT2D eigenvalue weighted by molar-refractivity contribution is 5.66. The summed E-state index contributed by atoms with van der Waals surface area (Å²) in [5.74, 6) is 5.16. The Labute approximate surface area is 35.8 Å². The third kappa shape index (κ3) is 0.381. The lowest BCUT2D eigenvalue weighted by atomic mass is 10.8. The average molecular weight is 84.1 g/mol. The number of rotatable bonds is 0. The number of nitrogens with zero attached hydrogens (tertiary/aromatic N) is 2. The van der Waals surface area contributed by atoms with E-state index in [4.69, 9.17) is 5.84 Å².